The Hall–Kier alpha value is -3.30. The third-order valence-corrected chi connectivity index (χ3v) is 5.94. The molecular weight excluding hydrogens is 455 g/mol. The molecule has 4 aromatic rings. The van der Waals surface area contributed by atoms with Crippen molar-refractivity contribution in [2.75, 3.05) is 10.6 Å². The van der Waals surface area contributed by atoms with Gasteiger partial charge in [-0.25, -0.2) is 9.78 Å². The highest BCUT2D eigenvalue weighted by atomic mass is 32.2. The van der Waals surface area contributed by atoms with E-state index in [4.69, 9.17) is 0 Å². The molecule has 32 heavy (non-hydrogen) atoms. The van der Waals surface area contributed by atoms with E-state index in [1.165, 1.54) is 24.3 Å². The summed E-state index contributed by atoms with van der Waals surface area (Å²) < 4.78 is 37.2. The number of urea groups is 1. The number of amides is 2. The zero-order valence-electron chi connectivity index (χ0n) is 16.4. The minimum absolute atomic E-state index is 0.0523. The number of nitrogens with zero attached hydrogens (tertiary/aromatic N) is 1. The molecule has 0 radical (unpaired) electrons. The van der Waals surface area contributed by atoms with E-state index >= 15 is 0 Å². The Labute approximate surface area is 190 Å². The summed E-state index contributed by atoms with van der Waals surface area (Å²) in [4.78, 5) is 16.9. The molecule has 0 aliphatic heterocycles. The Morgan fingerprint density at radius 3 is 2.00 bits per heavy atom. The van der Waals surface area contributed by atoms with Gasteiger partial charge in [0.2, 0.25) is 0 Å². The molecule has 0 aliphatic carbocycles. The molecule has 0 bridgehead atoms. The first kappa shape index (κ1) is 21.9. The highest BCUT2D eigenvalue weighted by Crippen LogP contribution is 2.37. The molecule has 0 saturated heterocycles. The molecule has 4 rings (SSSR count). The van der Waals surface area contributed by atoms with Crippen molar-refractivity contribution >= 4 is 40.5 Å². The van der Waals surface area contributed by atoms with E-state index in [2.05, 4.69) is 15.6 Å². The minimum Gasteiger partial charge on any atom is -0.308 e. The zero-order chi connectivity index (χ0) is 22.6. The number of carbonyl (C=O) groups is 1. The normalized spacial score (nSPS) is 11.2. The molecule has 1 aromatic heterocycles. The van der Waals surface area contributed by atoms with Gasteiger partial charge in [-0.1, -0.05) is 42.5 Å². The third kappa shape index (κ3) is 5.89. The molecule has 0 spiro atoms. The van der Waals surface area contributed by atoms with Gasteiger partial charge in [0.05, 0.1) is 5.69 Å². The summed E-state index contributed by atoms with van der Waals surface area (Å²) in [5.41, 5.74) is -0.548. The van der Waals surface area contributed by atoms with Crippen molar-refractivity contribution in [3.8, 4) is 21.8 Å². The molecule has 0 unspecified atom stereocenters. The largest absolute Gasteiger partial charge is 0.446 e. The number of thioether (sulfide) groups is 1. The van der Waals surface area contributed by atoms with Crippen molar-refractivity contribution in [3.63, 3.8) is 0 Å². The summed E-state index contributed by atoms with van der Waals surface area (Å²) in [6.45, 7) is 0. The Kier molecular flexibility index (Phi) is 6.48. The lowest BCUT2D eigenvalue weighted by atomic mass is 10.1. The maximum atomic E-state index is 12.4. The van der Waals surface area contributed by atoms with Gasteiger partial charge < -0.3 is 10.6 Å². The van der Waals surface area contributed by atoms with Crippen LogP contribution in [0.25, 0.3) is 21.8 Å². The maximum absolute atomic E-state index is 12.4. The first-order valence-corrected chi connectivity index (χ1v) is 11.1. The fourth-order valence-corrected chi connectivity index (χ4v) is 4.25. The van der Waals surface area contributed by atoms with E-state index in [9.17, 15) is 18.0 Å². The number of rotatable bonds is 5. The van der Waals surface area contributed by atoms with Gasteiger partial charge in [0.25, 0.3) is 0 Å². The zero-order valence-corrected chi connectivity index (χ0v) is 18.0. The van der Waals surface area contributed by atoms with Crippen LogP contribution in [0.5, 0.6) is 0 Å². The molecule has 0 saturated carbocycles. The van der Waals surface area contributed by atoms with Crippen molar-refractivity contribution in [1.29, 1.82) is 0 Å². The molecule has 0 atom stereocenters. The second-order valence-corrected chi connectivity index (χ2v) is 8.63. The number of alkyl halides is 3. The van der Waals surface area contributed by atoms with Gasteiger partial charge in [-0.3, -0.25) is 0 Å². The van der Waals surface area contributed by atoms with Gasteiger partial charge in [0.1, 0.15) is 5.01 Å². The summed E-state index contributed by atoms with van der Waals surface area (Å²) in [5.74, 6) is 0. The van der Waals surface area contributed by atoms with Crippen LogP contribution in [0, 0.1) is 0 Å². The lowest BCUT2D eigenvalue weighted by Crippen LogP contribution is -2.19. The lowest BCUT2D eigenvalue weighted by molar-refractivity contribution is -0.0328. The van der Waals surface area contributed by atoms with Gasteiger partial charge >= 0.3 is 11.5 Å². The molecule has 0 fully saturated rings. The Balaban J connectivity index is 1.35. The number of thiazole rings is 1. The van der Waals surface area contributed by atoms with Crippen LogP contribution >= 0.6 is 23.1 Å². The predicted octanol–water partition coefficient (Wildman–Crippen LogP) is 7.73. The quantitative estimate of drug-likeness (QED) is 0.293. The van der Waals surface area contributed by atoms with E-state index in [0.717, 1.165) is 21.8 Å². The fraction of sp³-hybridized carbons (Fsp3) is 0.0435. The number of benzene rings is 3. The molecule has 9 heteroatoms. The summed E-state index contributed by atoms with van der Waals surface area (Å²) in [7, 11) is 0. The van der Waals surface area contributed by atoms with Gasteiger partial charge in [-0.15, -0.1) is 11.3 Å². The number of hydrogen-bond donors (Lipinski definition) is 2. The molecule has 2 N–H and O–H groups in total. The number of nitrogens with one attached hydrogen (secondary N) is 2. The van der Waals surface area contributed by atoms with Gasteiger partial charge in [0, 0.05) is 32.8 Å². The number of aromatic nitrogens is 1. The van der Waals surface area contributed by atoms with Crippen LogP contribution in [0.3, 0.4) is 0 Å². The number of anilines is 2. The highest BCUT2D eigenvalue weighted by molar-refractivity contribution is 8.00. The first-order chi connectivity index (χ1) is 15.4. The fourth-order valence-electron chi connectivity index (χ4n) is 2.88. The predicted molar refractivity (Wildman–Crippen MR) is 124 cm³/mol. The van der Waals surface area contributed by atoms with Crippen molar-refractivity contribution in [1.82, 2.24) is 4.98 Å². The average molecular weight is 472 g/mol. The molecule has 2 amide bonds. The van der Waals surface area contributed by atoms with Gasteiger partial charge in [-0.2, -0.15) is 13.2 Å². The van der Waals surface area contributed by atoms with Crippen LogP contribution in [0.15, 0.2) is 89.1 Å². The Morgan fingerprint density at radius 2 is 1.41 bits per heavy atom. The van der Waals surface area contributed by atoms with E-state index in [1.54, 1.807) is 23.5 Å². The van der Waals surface area contributed by atoms with Crippen LogP contribution in [0.2, 0.25) is 0 Å². The van der Waals surface area contributed by atoms with Crippen LogP contribution in [0.1, 0.15) is 0 Å². The van der Waals surface area contributed by atoms with Crippen molar-refractivity contribution in [2.24, 2.45) is 0 Å². The number of hydrogen-bond acceptors (Lipinski definition) is 4. The SMILES string of the molecule is O=C(Nc1ccc(SC(F)(F)F)cc1)Nc1ccc(-c2csc(-c3ccccc3)n2)cc1. The molecule has 0 aliphatic rings. The molecule has 162 valence electrons. The average Bonchev–Trinajstić information content (AvgIpc) is 3.26. The summed E-state index contributed by atoms with van der Waals surface area (Å²) >= 11 is 1.36. The highest BCUT2D eigenvalue weighted by Gasteiger charge is 2.29. The second-order valence-electron chi connectivity index (χ2n) is 6.63. The second kappa shape index (κ2) is 9.46. The van der Waals surface area contributed by atoms with E-state index in [0.29, 0.717) is 11.4 Å². The standard InChI is InChI=1S/C23H16F3N3OS2/c24-23(25,26)32-19-12-10-18(11-13-19)28-22(30)27-17-8-6-15(7-9-17)20-14-31-21(29-20)16-4-2-1-3-5-16/h1-14H,(H2,27,28,30). The number of halogens is 3. The topological polar surface area (TPSA) is 54.0 Å². The van der Waals surface area contributed by atoms with Crippen LogP contribution in [-0.2, 0) is 0 Å². The Bertz CT molecular complexity index is 1190. The van der Waals surface area contributed by atoms with Gasteiger partial charge in [-0.05, 0) is 48.2 Å². The van der Waals surface area contributed by atoms with Crippen molar-refractivity contribution in [3.05, 3.63) is 84.2 Å². The molecule has 1 heterocycles. The monoisotopic (exact) mass is 471 g/mol. The molecule has 4 nitrogen and oxygen atoms in total. The van der Waals surface area contributed by atoms with Crippen molar-refractivity contribution < 1.29 is 18.0 Å². The lowest BCUT2D eigenvalue weighted by Gasteiger charge is -2.09. The van der Waals surface area contributed by atoms with E-state index in [1.807, 2.05) is 47.8 Å². The minimum atomic E-state index is -4.35. The summed E-state index contributed by atoms with van der Waals surface area (Å²) in [6, 6.07) is 22.1. The van der Waals surface area contributed by atoms with Gasteiger partial charge in [0.15, 0.2) is 0 Å². The molecule has 3 aromatic carbocycles. The summed E-state index contributed by atoms with van der Waals surface area (Å²) in [5, 5.41) is 8.21. The Morgan fingerprint density at radius 1 is 0.812 bits per heavy atom. The number of carbonyl (C=O) groups excluding carboxylic acids is 1. The van der Waals surface area contributed by atoms with Crippen LogP contribution in [-0.4, -0.2) is 16.5 Å². The van der Waals surface area contributed by atoms with Crippen LogP contribution in [0.4, 0.5) is 29.3 Å². The van der Waals surface area contributed by atoms with E-state index < -0.39 is 11.5 Å². The third-order valence-electron chi connectivity index (χ3n) is 4.31. The van der Waals surface area contributed by atoms with E-state index in [-0.39, 0.29) is 16.7 Å². The maximum Gasteiger partial charge on any atom is 0.446 e. The first-order valence-electron chi connectivity index (χ1n) is 9.41. The van der Waals surface area contributed by atoms with Crippen molar-refractivity contribution in [2.45, 2.75) is 10.4 Å². The smallest absolute Gasteiger partial charge is 0.308 e. The summed E-state index contributed by atoms with van der Waals surface area (Å²) in [6.07, 6.45) is 0. The van der Waals surface area contributed by atoms with Crippen LogP contribution < -0.4 is 10.6 Å². The molecular formula is C23H16F3N3OS2.